The van der Waals surface area contributed by atoms with E-state index in [0.717, 1.165) is 13.0 Å². The lowest BCUT2D eigenvalue weighted by molar-refractivity contribution is 0.111. The first-order valence-corrected chi connectivity index (χ1v) is 6.37. The minimum atomic E-state index is 0.400. The molecule has 1 saturated heterocycles. The lowest BCUT2D eigenvalue weighted by Gasteiger charge is -2.06. The van der Waals surface area contributed by atoms with Crippen LogP contribution in [-0.2, 0) is 11.2 Å². The van der Waals surface area contributed by atoms with Gasteiger partial charge >= 0.3 is 0 Å². The van der Waals surface area contributed by atoms with Crippen molar-refractivity contribution in [2.75, 3.05) is 13.2 Å². The van der Waals surface area contributed by atoms with E-state index in [0.29, 0.717) is 18.6 Å². The summed E-state index contributed by atoms with van der Waals surface area (Å²) in [6.45, 7) is 3.76. The van der Waals surface area contributed by atoms with Crippen LogP contribution in [0.15, 0.2) is 6.20 Å². The minimum absolute atomic E-state index is 0.400. The third kappa shape index (κ3) is 2.77. The molecule has 1 aromatic heterocycles. The number of aromatic nitrogens is 1. The lowest BCUT2D eigenvalue weighted by Crippen LogP contribution is -2.08. The molecule has 2 N–H and O–H groups in total. The molecule has 3 nitrogen and oxygen atoms in total. The average molecular weight is 226 g/mol. The maximum absolute atomic E-state index is 5.63. The topological polar surface area (TPSA) is 48.1 Å². The van der Waals surface area contributed by atoms with Gasteiger partial charge in [-0.3, -0.25) is 0 Å². The Kier molecular flexibility index (Phi) is 3.72. The molecule has 1 fully saturated rings. The summed E-state index contributed by atoms with van der Waals surface area (Å²) in [5.74, 6) is 0.431. The van der Waals surface area contributed by atoms with Gasteiger partial charge in [0, 0.05) is 30.0 Å². The quantitative estimate of drug-likeness (QED) is 0.853. The molecule has 2 heterocycles. The predicted molar refractivity (Wildman–Crippen MR) is 62.3 cm³/mol. The summed E-state index contributed by atoms with van der Waals surface area (Å²) in [5.41, 5.74) is 5.63. The molecule has 0 aliphatic carbocycles. The molecule has 0 spiro atoms. The van der Waals surface area contributed by atoms with Crippen molar-refractivity contribution in [2.45, 2.75) is 38.2 Å². The molecule has 4 heteroatoms. The Bertz CT molecular complexity index is 307. The maximum atomic E-state index is 5.63. The van der Waals surface area contributed by atoms with Gasteiger partial charge in [-0.05, 0) is 19.4 Å². The normalized spacial score (nSPS) is 23.2. The lowest BCUT2D eigenvalue weighted by atomic mass is 10.1. The van der Waals surface area contributed by atoms with E-state index in [1.54, 1.807) is 11.3 Å². The van der Waals surface area contributed by atoms with Crippen LogP contribution in [0.5, 0.6) is 0 Å². The first-order chi connectivity index (χ1) is 7.29. The highest BCUT2D eigenvalue weighted by Crippen LogP contribution is 2.24. The van der Waals surface area contributed by atoms with E-state index in [1.165, 1.54) is 22.7 Å². The van der Waals surface area contributed by atoms with Crippen LogP contribution in [-0.4, -0.2) is 24.2 Å². The zero-order chi connectivity index (χ0) is 10.7. The van der Waals surface area contributed by atoms with Crippen molar-refractivity contribution in [3.05, 3.63) is 16.1 Å². The molecule has 1 aliphatic heterocycles. The van der Waals surface area contributed by atoms with Crippen molar-refractivity contribution in [3.8, 4) is 0 Å². The van der Waals surface area contributed by atoms with Crippen molar-refractivity contribution < 1.29 is 4.74 Å². The van der Waals surface area contributed by atoms with Crippen LogP contribution in [0.1, 0.15) is 35.6 Å². The Morgan fingerprint density at radius 2 is 2.60 bits per heavy atom. The van der Waals surface area contributed by atoms with Crippen molar-refractivity contribution in [3.63, 3.8) is 0 Å². The van der Waals surface area contributed by atoms with Gasteiger partial charge in [0.1, 0.15) is 0 Å². The van der Waals surface area contributed by atoms with Crippen molar-refractivity contribution >= 4 is 11.3 Å². The Balaban J connectivity index is 1.94. The molecule has 0 saturated carbocycles. The monoisotopic (exact) mass is 226 g/mol. The summed E-state index contributed by atoms with van der Waals surface area (Å²) >= 11 is 1.78. The van der Waals surface area contributed by atoms with E-state index in [1.807, 2.05) is 6.20 Å². The Morgan fingerprint density at radius 1 is 1.73 bits per heavy atom. The van der Waals surface area contributed by atoms with Gasteiger partial charge in [-0.25, -0.2) is 4.98 Å². The third-order valence-corrected chi connectivity index (χ3v) is 4.09. The number of ether oxygens (including phenoxy) is 1. The number of hydrogen-bond donors (Lipinski definition) is 1. The molecule has 15 heavy (non-hydrogen) atoms. The molecule has 0 amide bonds. The van der Waals surface area contributed by atoms with Gasteiger partial charge in [0.15, 0.2) is 0 Å². The summed E-state index contributed by atoms with van der Waals surface area (Å²) in [7, 11) is 0. The number of thiazole rings is 1. The molecule has 0 radical (unpaired) electrons. The summed E-state index contributed by atoms with van der Waals surface area (Å²) in [6, 6.07) is 0. The summed E-state index contributed by atoms with van der Waals surface area (Å²) in [4.78, 5) is 5.73. The van der Waals surface area contributed by atoms with E-state index in [-0.39, 0.29) is 0 Å². The van der Waals surface area contributed by atoms with E-state index >= 15 is 0 Å². The zero-order valence-corrected chi connectivity index (χ0v) is 9.93. The molecule has 1 aliphatic rings. The Hall–Kier alpha value is -0.450. The van der Waals surface area contributed by atoms with Crippen LogP contribution < -0.4 is 5.73 Å². The molecular weight excluding hydrogens is 208 g/mol. The summed E-state index contributed by atoms with van der Waals surface area (Å²) in [6.07, 6.45) is 5.72. The zero-order valence-electron chi connectivity index (χ0n) is 9.11. The van der Waals surface area contributed by atoms with E-state index in [9.17, 15) is 0 Å². The molecule has 2 unspecified atom stereocenters. The highest BCUT2D eigenvalue weighted by Gasteiger charge is 2.18. The second-order valence-electron chi connectivity index (χ2n) is 4.13. The highest BCUT2D eigenvalue weighted by molar-refractivity contribution is 7.11. The average Bonchev–Trinajstić information content (AvgIpc) is 2.88. The van der Waals surface area contributed by atoms with Gasteiger partial charge < -0.3 is 10.5 Å². The van der Waals surface area contributed by atoms with Crippen LogP contribution in [0.25, 0.3) is 0 Å². The SMILES string of the molecule is CC(CN)c1cnc(CC2CCCO2)s1. The van der Waals surface area contributed by atoms with Crippen molar-refractivity contribution in [1.82, 2.24) is 4.98 Å². The molecule has 2 rings (SSSR count). The van der Waals surface area contributed by atoms with E-state index in [4.69, 9.17) is 10.5 Å². The largest absolute Gasteiger partial charge is 0.378 e. The van der Waals surface area contributed by atoms with E-state index < -0.39 is 0 Å². The third-order valence-electron chi connectivity index (χ3n) is 2.84. The molecule has 2 atom stereocenters. The van der Waals surface area contributed by atoms with Gasteiger partial charge in [-0.2, -0.15) is 0 Å². The first-order valence-electron chi connectivity index (χ1n) is 5.56. The fraction of sp³-hybridized carbons (Fsp3) is 0.727. The fourth-order valence-corrected chi connectivity index (χ4v) is 2.81. The number of nitrogens with zero attached hydrogens (tertiary/aromatic N) is 1. The molecule has 84 valence electrons. The Labute approximate surface area is 94.7 Å². The molecule has 1 aromatic rings. The first kappa shape index (κ1) is 11.0. The van der Waals surface area contributed by atoms with Crippen LogP contribution in [0.2, 0.25) is 0 Å². The van der Waals surface area contributed by atoms with Crippen molar-refractivity contribution in [2.24, 2.45) is 5.73 Å². The maximum Gasteiger partial charge on any atom is 0.0953 e. The highest BCUT2D eigenvalue weighted by atomic mass is 32.1. The van der Waals surface area contributed by atoms with Crippen LogP contribution in [0.4, 0.5) is 0 Å². The van der Waals surface area contributed by atoms with Crippen LogP contribution >= 0.6 is 11.3 Å². The number of rotatable bonds is 4. The fourth-order valence-electron chi connectivity index (χ4n) is 1.76. The summed E-state index contributed by atoms with van der Waals surface area (Å²) in [5, 5.41) is 1.19. The second-order valence-corrected chi connectivity index (χ2v) is 5.28. The molecular formula is C11H18N2OS. The van der Waals surface area contributed by atoms with Gasteiger partial charge in [0.05, 0.1) is 11.1 Å². The van der Waals surface area contributed by atoms with Crippen LogP contribution in [0.3, 0.4) is 0 Å². The van der Waals surface area contributed by atoms with Crippen LogP contribution in [0, 0.1) is 0 Å². The smallest absolute Gasteiger partial charge is 0.0953 e. The van der Waals surface area contributed by atoms with Gasteiger partial charge in [0.25, 0.3) is 0 Å². The number of nitrogens with two attached hydrogens (primary N) is 1. The van der Waals surface area contributed by atoms with Gasteiger partial charge in [-0.1, -0.05) is 6.92 Å². The van der Waals surface area contributed by atoms with Gasteiger partial charge in [0.2, 0.25) is 0 Å². The molecule has 0 bridgehead atoms. The second kappa shape index (κ2) is 5.05. The summed E-state index contributed by atoms with van der Waals surface area (Å²) < 4.78 is 5.59. The predicted octanol–water partition coefficient (Wildman–Crippen LogP) is 1.93. The van der Waals surface area contributed by atoms with Crippen molar-refractivity contribution in [1.29, 1.82) is 0 Å². The van der Waals surface area contributed by atoms with Gasteiger partial charge in [-0.15, -0.1) is 11.3 Å². The minimum Gasteiger partial charge on any atom is -0.378 e. The Morgan fingerprint density at radius 3 is 3.27 bits per heavy atom. The number of hydrogen-bond acceptors (Lipinski definition) is 4. The molecule has 0 aromatic carbocycles. The van der Waals surface area contributed by atoms with E-state index in [2.05, 4.69) is 11.9 Å². The standard InChI is InChI=1S/C11H18N2OS/c1-8(6-12)10-7-13-11(15-10)5-9-3-2-4-14-9/h7-9H,2-6,12H2,1H3.